The number of piperidine rings is 1. The van der Waals surface area contributed by atoms with Crippen LogP contribution in [0.3, 0.4) is 0 Å². The average molecular weight is 395 g/mol. The summed E-state index contributed by atoms with van der Waals surface area (Å²) in [5.74, 6) is -0.450. The molecular weight excluding hydrogens is 377 g/mol. The third-order valence-electron chi connectivity index (χ3n) is 3.88. The number of hydrazine groups is 1. The summed E-state index contributed by atoms with van der Waals surface area (Å²) in [5.41, 5.74) is 3.51. The summed E-state index contributed by atoms with van der Waals surface area (Å²) < 4.78 is 42.6. The molecule has 2 rings (SSSR count). The molecule has 0 atom stereocenters. The third kappa shape index (κ3) is 5.13. The molecule has 2 N–H and O–H groups in total. The second kappa shape index (κ2) is 8.43. The number of nitrogens with zero attached hydrogens (tertiary/aromatic N) is 2. The summed E-state index contributed by atoms with van der Waals surface area (Å²) in [6.07, 6.45) is -3.64. The minimum atomic E-state index is -4.51. The van der Waals surface area contributed by atoms with Crippen LogP contribution in [-0.4, -0.2) is 36.7 Å². The van der Waals surface area contributed by atoms with Crippen molar-refractivity contribution in [1.29, 1.82) is 0 Å². The van der Waals surface area contributed by atoms with E-state index in [1.807, 2.05) is 0 Å². The number of hydrogen-bond donors (Lipinski definition) is 2. The molecule has 26 heavy (non-hydrogen) atoms. The van der Waals surface area contributed by atoms with Gasteiger partial charge in [0.2, 0.25) is 5.91 Å². The van der Waals surface area contributed by atoms with Crippen molar-refractivity contribution in [3.63, 3.8) is 0 Å². The first-order valence-corrected chi connectivity index (χ1v) is 8.30. The summed E-state index contributed by atoms with van der Waals surface area (Å²) in [5, 5.41) is -0.0910. The van der Waals surface area contributed by atoms with E-state index in [2.05, 4.69) is 20.6 Å². The van der Waals surface area contributed by atoms with Crippen LogP contribution in [0.15, 0.2) is 12.3 Å². The highest BCUT2D eigenvalue weighted by Crippen LogP contribution is 2.34. The SMILES string of the molecule is CCOC(=O)NNC(=O)C1CCN(c2ncc(C(F)(F)F)cc2Cl)CC1. The minimum Gasteiger partial charge on any atom is -0.449 e. The smallest absolute Gasteiger partial charge is 0.426 e. The molecular formula is C15H18ClF3N4O3. The van der Waals surface area contributed by atoms with Crippen LogP contribution in [0.1, 0.15) is 25.3 Å². The van der Waals surface area contributed by atoms with Crippen molar-refractivity contribution in [2.24, 2.45) is 5.92 Å². The van der Waals surface area contributed by atoms with Crippen molar-refractivity contribution >= 4 is 29.4 Å². The summed E-state index contributed by atoms with van der Waals surface area (Å²) in [7, 11) is 0. The Morgan fingerprint density at radius 2 is 2.00 bits per heavy atom. The Morgan fingerprint density at radius 1 is 1.35 bits per heavy atom. The normalized spacial score (nSPS) is 15.5. The van der Waals surface area contributed by atoms with Gasteiger partial charge in [0.1, 0.15) is 5.82 Å². The molecule has 0 saturated carbocycles. The van der Waals surface area contributed by atoms with Gasteiger partial charge in [0.25, 0.3) is 0 Å². The third-order valence-corrected chi connectivity index (χ3v) is 4.16. The van der Waals surface area contributed by atoms with E-state index in [0.717, 1.165) is 12.3 Å². The van der Waals surface area contributed by atoms with E-state index in [4.69, 9.17) is 11.6 Å². The molecule has 0 radical (unpaired) electrons. The van der Waals surface area contributed by atoms with Gasteiger partial charge in [-0.15, -0.1) is 0 Å². The van der Waals surface area contributed by atoms with Crippen molar-refractivity contribution in [2.45, 2.75) is 25.9 Å². The van der Waals surface area contributed by atoms with Crippen LogP contribution in [0, 0.1) is 5.92 Å². The maximum Gasteiger partial charge on any atom is 0.426 e. The molecule has 0 bridgehead atoms. The minimum absolute atomic E-state index is 0.0910. The molecule has 1 aliphatic heterocycles. The lowest BCUT2D eigenvalue weighted by molar-refractivity contribution is -0.137. The highest BCUT2D eigenvalue weighted by Gasteiger charge is 2.33. The molecule has 0 aromatic carbocycles. The van der Waals surface area contributed by atoms with Gasteiger partial charge in [-0.05, 0) is 25.8 Å². The summed E-state index contributed by atoms with van der Waals surface area (Å²) >= 11 is 5.94. The van der Waals surface area contributed by atoms with Crippen molar-refractivity contribution in [3.05, 3.63) is 22.8 Å². The summed E-state index contributed by atoms with van der Waals surface area (Å²) in [6, 6.07) is 0.839. The van der Waals surface area contributed by atoms with E-state index in [-0.39, 0.29) is 29.3 Å². The van der Waals surface area contributed by atoms with Gasteiger partial charge in [-0.25, -0.2) is 15.2 Å². The van der Waals surface area contributed by atoms with Crippen LogP contribution >= 0.6 is 11.6 Å². The fourth-order valence-electron chi connectivity index (χ4n) is 2.55. The molecule has 1 saturated heterocycles. The van der Waals surface area contributed by atoms with Gasteiger partial charge in [-0.1, -0.05) is 11.6 Å². The van der Waals surface area contributed by atoms with E-state index in [1.54, 1.807) is 11.8 Å². The van der Waals surface area contributed by atoms with Gasteiger partial charge in [-0.2, -0.15) is 13.2 Å². The first-order chi connectivity index (χ1) is 12.2. The standard InChI is InChI=1S/C15H18ClF3N4O3/c1-2-26-14(25)22-21-13(24)9-3-5-23(6-4-9)12-11(16)7-10(8-20-12)15(17,18)19/h7-9H,2-6H2,1H3,(H,21,24)(H,22,25). The zero-order chi connectivity index (χ0) is 19.3. The molecule has 0 unspecified atom stereocenters. The number of pyridine rings is 1. The molecule has 11 heteroatoms. The van der Waals surface area contributed by atoms with Crippen LogP contribution < -0.4 is 15.8 Å². The highest BCUT2D eigenvalue weighted by molar-refractivity contribution is 6.33. The van der Waals surface area contributed by atoms with Crippen molar-refractivity contribution in [1.82, 2.24) is 15.8 Å². The molecule has 1 fully saturated rings. The highest BCUT2D eigenvalue weighted by atomic mass is 35.5. The molecule has 1 aromatic rings. The molecule has 0 spiro atoms. The largest absolute Gasteiger partial charge is 0.449 e. The second-order valence-corrected chi connectivity index (χ2v) is 6.03. The number of nitrogens with one attached hydrogen (secondary N) is 2. The topological polar surface area (TPSA) is 83.6 Å². The number of ether oxygens (including phenoxy) is 1. The van der Waals surface area contributed by atoms with Crippen molar-refractivity contribution < 1.29 is 27.5 Å². The number of amides is 2. The number of rotatable bonds is 3. The number of hydrogen-bond acceptors (Lipinski definition) is 5. The first kappa shape index (κ1) is 20.1. The van der Waals surface area contributed by atoms with Gasteiger partial charge in [0.15, 0.2) is 0 Å². The van der Waals surface area contributed by atoms with E-state index >= 15 is 0 Å². The monoisotopic (exact) mass is 394 g/mol. The molecule has 2 amide bonds. The number of alkyl halides is 3. The molecule has 0 aliphatic carbocycles. The van der Waals surface area contributed by atoms with Crippen LogP contribution in [0.4, 0.5) is 23.8 Å². The molecule has 2 heterocycles. The summed E-state index contributed by atoms with van der Waals surface area (Å²) in [6.45, 7) is 2.61. The fourth-order valence-corrected chi connectivity index (χ4v) is 2.84. The number of anilines is 1. The van der Waals surface area contributed by atoms with Gasteiger partial charge in [0, 0.05) is 25.2 Å². The van der Waals surface area contributed by atoms with Gasteiger partial charge >= 0.3 is 12.3 Å². The van der Waals surface area contributed by atoms with Gasteiger partial charge < -0.3 is 9.64 Å². The van der Waals surface area contributed by atoms with Crippen molar-refractivity contribution in [3.8, 4) is 0 Å². The van der Waals surface area contributed by atoms with Crippen LogP contribution in [0.2, 0.25) is 5.02 Å². The van der Waals surface area contributed by atoms with E-state index in [1.165, 1.54) is 0 Å². The lowest BCUT2D eigenvalue weighted by Crippen LogP contribution is -2.47. The Kier molecular flexibility index (Phi) is 6.52. The lowest BCUT2D eigenvalue weighted by atomic mass is 9.96. The molecule has 144 valence electrons. The molecule has 1 aliphatic rings. The maximum atomic E-state index is 12.7. The average Bonchev–Trinajstić information content (AvgIpc) is 2.59. The Balaban J connectivity index is 1.90. The maximum absolute atomic E-state index is 12.7. The quantitative estimate of drug-likeness (QED) is 0.770. The van der Waals surface area contributed by atoms with Crippen LogP contribution in [0.5, 0.6) is 0 Å². The fraction of sp³-hybridized carbons (Fsp3) is 0.533. The lowest BCUT2D eigenvalue weighted by Gasteiger charge is -2.32. The number of carbonyl (C=O) groups is 2. The van der Waals surface area contributed by atoms with Crippen LogP contribution in [0.25, 0.3) is 0 Å². The Morgan fingerprint density at radius 3 is 2.54 bits per heavy atom. The van der Waals surface area contributed by atoms with E-state index in [0.29, 0.717) is 25.9 Å². The predicted molar refractivity (Wildman–Crippen MR) is 87.5 cm³/mol. The predicted octanol–water partition coefficient (Wildman–Crippen LogP) is 2.75. The first-order valence-electron chi connectivity index (χ1n) is 7.92. The number of aromatic nitrogens is 1. The molecule has 7 nitrogen and oxygen atoms in total. The Hall–Kier alpha value is -2.23. The molecule has 1 aromatic heterocycles. The zero-order valence-corrected chi connectivity index (χ0v) is 14.7. The van der Waals surface area contributed by atoms with Gasteiger partial charge in [0.05, 0.1) is 17.2 Å². The van der Waals surface area contributed by atoms with E-state index in [9.17, 15) is 22.8 Å². The Bertz CT molecular complexity index is 664. The second-order valence-electron chi connectivity index (χ2n) is 5.62. The summed E-state index contributed by atoms with van der Waals surface area (Å²) in [4.78, 5) is 28.7. The number of halogens is 4. The zero-order valence-electron chi connectivity index (χ0n) is 13.9. The Labute approximate surface area is 152 Å². The van der Waals surface area contributed by atoms with Gasteiger partial charge in [-0.3, -0.25) is 10.2 Å². The van der Waals surface area contributed by atoms with Crippen molar-refractivity contribution in [2.75, 3.05) is 24.6 Å². The van der Waals surface area contributed by atoms with E-state index < -0.39 is 17.8 Å². The number of carbonyl (C=O) groups excluding carboxylic acids is 2. The van der Waals surface area contributed by atoms with Crippen LogP contribution in [-0.2, 0) is 15.7 Å².